The van der Waals surface area contributed by atoms with Gasteiger partial charge in [-0.1, -0.05) is 5.16 Å². The van der Waals surface area contributed by atoms with Crippen molar-refractivity contribution in [3.05, 3.63) is 35.2 Å². The molecule has 1 aliphatic rings. The zero-order valence-corrected chi connectivity index (χ0v) is 20.4. The highest BCUT2D eigenvalue weighted by molar-refractivity contribution is 5.95. The van der Waals surface area contributed by atoms with Crippen molar-refractivity contribution in [1.29, 1.82) is 0 Å². The van der Waals surface area contributed by atoms with Crippen LogP contribution in [0.1, 0.15) is 47.4 Å². The van der Waals surface area contributed by atoms with Crippen molar-refractivity contribution in [2.75, 3.05) is 59.1 Å². The maximum Gasteiger partial charge on any atom is 0.276 e. The van der Waals surface area contributed by atoms with Crippen molar-refractivity contribution < 1.29 is 28.3 Å². The molecular formula is C24H34N4O6. The second kappa shape index (κ2) is 12.3. The van der Waals surface area contributed by atoms with Crippen molar-refractivity contribution >= 4 is 11.8 Å². The zero-order valence-electron chi connectivity index (χ0n) is 20.4. The van der Waals surface area contributed by atoms with Gasteiger partial charge in [0.1, 0.15) is 5.76 Å². The number of ether oxygens (including phenoxy) is 3. The lowest BCUT2D eigenvalue weighted by atomic mass is 10.1. The summed E-state index contributed by atoms with van der Waals surface area (Å²) in [6.07, 6.45) is 0. The molecule has 1 aromatic heterocycles. The Bertz CT molecular complexity index is 941. The number of nitrogens with zero attached hydrogens (tertiary/aromatic N) is 3. The molecule has 1 saturated heterocycles. The SMILES string of the molecule is CCOc1cc(C(=O)NCCN2CCN(C(=O)c3cc(C)on3)CC2)cc(OCC)c1OCC. The van der Waals surface area contributed by atoms with Gasteiger partial charge in [0.2, 0.25) is 5.75 Å². The second-order valence-electron chi connectivity index (χ2n) is 7.81. The van der Waals surface area contributed by atoms with Crippen molar-refractivity contribution in [2.24, 2.45) is 0 Å². The number of benzene rings is 1. The molecule has 1 N–H and O–H groups in total. The van der Waals surface area contributed by atoms with E-state index < -0.39 is 0 Å². The average molecular weight is 475 g/mol. The molecule has 0 bridgehead atoms. The van der Waals surface area contributed by atoms with Crippen LogP contribution >= 0.6 is 0 Å². The van der Waals surface area contributed by atoms with Gasteiger partial charge >= 0.3 is 0 Å². The van der Waals surface area contributed by atoms with Crippen LogP contribution in [-0.4, -0.2) is 85.9 Å². The maximum atomic E-state index is 12.8. The van der Waals surface area contributed by atoms with Crippen LogP contribution < -0.4 is 19.5 Å². The summed E-state index contributed by atoms with van der Waals surface area (Å²) in [5, 5.41) is 6.77. The second-order valence-corrected chi connectivity index (χ2v) is 7.81. The number of carbonyl (C=O) groups is 2. The molecule has 0 saturated carbocycles. The Morgan fingerprint density at radius 2 is 1.59 bits per heavy atom. The van der Waals surface area contributed by atoms with Crippen molar-refractivity contribution in [2.45, 2.75) is 27.7 Å². The number of nitrogens with one attached hydrogen (secondary N) is 1. The van der Waals surface area contributed by atoms with E-state index in [1.807, 2.05) is 20.8 Å². The Labute approximate surface area is 200 Å². The summed E-state index contributed by atoms with van der Waals surface area (Å²) >= 11 is 0. The van der Waals surface area contributed by atoms with Crippen LogP contribution in [-0.2, 0) is 0 Å². The van der Waals surface area contributed by atoms with Crippen LogP contribution in [0.2, 0.25) is 0 Å². The van der Waals surface area contributed by atoms with Gasteiger partial charge < -0.3 is 29.0 Å². The first-order chi connectivity index (χ1) is 16.5. The third-order valence-corrected chi connectivity index (χ3v) is 5.39. The minimum Gasteiger partial charge on any atom is -0.490 e. The van der Waals surface area contributed by atoms with Gasteiger partial charge in [-0.3, -0.25) is 14.5 Å². The van der Waals surface area contributed by atoms with Gasteiger partial charge in [-0.05, 0) is 39.8 Å². The first-order valence-electron chi connectivity index (χ1n) is 11.8. The van der Waals surface area contributed by atoms with Crippen LogP contribution in [0.15, 0.2) is 22.7 Å². The first-order valence-corrected chi connectivity index (χ1v) is 11.8. The molecule has 0 aliphatic carbocycles. The molecule has 0 atom stereocenters. The summed E-state index contributed by atoms with van der Waals surface area (Å²) in [4.78, 5) is 29.3. The van der Waals surface area contributed by atoms with Crippen LogP contribution in [0.25, 0.3) is 0 Å². The molecule has 1 fully saturated rings. The monoisotopic (exact) mass is 474 g/mol. The zero-order chi connectivity index (χ0) is 24.5. The minimum atomic E-state index is -0.208. The highest BCUT2D eigenvalue weighted by Gasteiger charge is 2.24. The fourth-order valence-electron chi connectivity index (χ4n) is 3.75. The summed E-state index contributed by atoms with van der Waals surface area (Å²) in [5.74, 6) is 1.78. The molecule has 10 nitrogen and oxygen atoms in total. The standard InChI is InChI=1S/C24H34N4O6/c1-5-31-20-15-18(16-21(32-6-2)22(20)33-7-3)23(29)25-8-9-27-10-12-28(13-11-27)24(30)19-14-17(4)34-26-19/h14-16H,5-13H2,1-4H3,(H,25,29). The first kappa shape index (κ1) is 25.4. The quantitative estimate of drug-likeness (QED) is 0.529. The Balaban J connectivity index is 1.52. The number of carbonyl (C=O) groups excluding carboxylic acids is 2. The van der Waals surface area contributed by atoms with Crippen molar-refractivity contribution in [1.82, 2.24) is 20.3 Å². The van der Waals surface area contributed by atoms with E-state index >= 15 is 0 Å². The van der Waals surface area contributed by atoms with Gasteiger partial charge in [-0.25, -0.2) is 0 Å². The summed E-state index contributed by atoms with van der Waals surface area (Å²) in [6.45, 7) is 12.6. The summed E-state index contributed by atoms with van der Waals surface area (Å²) in [7, 11) is 0. The smallest absolute Gasteiger partial charge is 0.276 e. The third kappa shape index (κ3) is 6.40. The van der Waals surface area contributed by atoms with Gasteiger partial charge in [-0.15, -0.1) is 0 Å². The Morgan fingerprint density at radius 1 is 0.971 bits per heavy atom. The molecule has 3 rings (SSSR count). The number of hydrogen-bond acceptors (Lipinski definition) is 8. The van der Waals surface area contributed by atoms with Gasteiger partial charge in [0.15, 0.2) is 17.2 Å². The van der Waals surface area contributed by atoms with E-state index in [-0.39, 0.29) is 11.8 Å². The van der Waals surface area contributed by atoms with Gasteiger partial charge in [-0.2, -0.15) is 0 Å². The number of aromatic nitrogens is 1. The molecule has 2 aromatic rings. The largest absolute Gasteiger partial charge is 0.490 e. The van der Waals surface area contributed by atoms with Crippen molar-refractivity contribution in [3.8, 4) is 17.2 Å². The predicted molar refractivity (Wildman–Crippen MR) is 126 cm³/mol. The third-order valence-electron chi connectivity index (χ3n) is 5.39. The Morgan fingerprint density at radius 3 is 2.12 bits per heavy atom. The maximum absolute atomic E-state index is 12.8. The van der Waals surface area contributed by atoms with E-state index in [1.54, 1.807) is 30.0 Å². The van der Waals surface area contributed by atoms with Crippen molar-refractivity contribution in [3.63, 3.8) is 0 Å². The molecule has 1 aromatic carbocycles. The van der Waals surface area contributed by atoms with E-state index in [4.69, 9.17) is 18.7 Å². The van der Waals surface area contributed by atoms with Crippen LogP contribution in [0, 0.1) is 6.92 Å². The predicted octanol–water partition coefficient (Wildman–Crippen LogP) is 2.37. The van der Waals surface area contributed by atoms with E-state index in [9.17, 15) is 9.59 Å². The highest BCUT2D eigenvalue weighted by Crippen LogP contribution is 2.39. The molecule has 0 unspecified atom stereocenters. The van der Waals surface area contributed by atoms with Gasteiger partial charge in [0.05, 0.1) is 19.8 Å². The summed E-state index contributed by atoms with van der Waals surface area (Å²) in [6, 6.07) is 5.02. The normalized spacial score (nSPS) is 14.1. The molecule has 1 aliphatic heterocycles. The topological polar surface area (TPSA) is 106 Å². The number of rotatable bonds is 11. The molecule has 10 heteroatoms. The summed E-state index contributed by atoms with van der Waals surface area (Å²) in [5.41, 5.74) is 0.792. The Kier molecular flexibility index (Phi) is 9.15. The fraction of sp³-hybridized carbons (Fsp3) is 0.542. The van der Waals surface area contributed by atoms with Crippen LogP contribution in [0.4, 0.5) is 0 Å². The number of piperazine rings is 1. The Hall–Kier alpha value is -3.27. The average Bonchev–Trinajstić information content (AvgIpc) is 3.27. The van der Waals surface area contributed by atoms with Crippen LogP contribution in [0.3, 0.4) is 0 Å². The molecular weight excluding hydrogens is 440 g/mol. The fourth-order valence-corrected chi connectivity index (χ4v) is 3.75. The molecule has 0 radical (unpaired) electrons. The highest BCUT2D eigenvalue weighted by atomic mass is 16.5. The number of hydrogen-bond donors (Lipinski definition) is 1. The summed E-state index contributed by atoms with van der Waals surface area (Å²) < 4.78 is 22.1. The molecule has 2 heterocycles. The molecule has 186 valence electrons. The molecule has 2 amide bonds. The lowest BCUT2D eigenvalue weighted by Gasteiger charge is -2.34. The van der Waals surface area contributed by atoms with Gasteiger partial charge in [0.25, 0.3) is 11.8 Å². The minimum absolute atomic E-state index is 0.115. The van der Waals surface area contributed by atoms with E-state index in [0.29, 0.717) is 80.3 Å². The lowest BCUT2D eigenvalue weighted by Crippen LogP contribution is -2.50. The van der Waals surface area contributed by atoms with E-state index in [0.717, 1.165) is 13.1 Å². The van der Waals surface area contributed by atoms with E-state index in [2.05, 4.69) is 15.4 Å². The van der Waals surface area contributed by atoms with Gasteiger partial charge in [0, 0.05) is 50.9 Å². The lowest BCUT2D eigenvalue weighted by molar-refractivity contribution is 0.0628. The number of amides is 2. The molecule has 34 heavy (non-hydrogen) atoms. The number of aryl methyl sites for hydroxylation is 1. The van der Waals surface area contributed by atoms with Crippen LogP contribution in [0.5, 0.6) is 17.2 Å². The van der Waals surface area contributed by atoms with E-state index in [1.165, 1.54) is 0 Å². The molecule has 0 spiro atoms.